The minimum Gasteiger partial charge on any atom is -0.493 e. The van der Waals surface area contributed by atoms with Crippen LogP contribution in [0.25, 0.3) is 0 Å². The third-order valence-electron chi connectivity index (χ3n) is 3.88. The topological polar surface area (TPSA) is 51.7 Å². The Kier molecular flexibility index (Phi) is 6.61. The Balaban J connectivity index is 1.99. The maximum atomic E-state index is 11.8. The number of amides is 1. The molecule has 1 aromatic heterocycles. The van der Waals surface area contributed by atoms with Gasteiger partial charge in [-0.1, -0.05) is 19.1 Å². The van der Waals surface area contributed by atoms with Crippen LogP contribution in [0, 0.1) is 0 Å². The second-order valence-corrected chi connectivity index (χ2v) is 6.52. The summed E-state index contributed by atoms with van der Waals surface area (Å²) in [4.78, 5) is 18.2. The van der Waals surface area contributed by atoms with Crippen LogP contribution in [0.2, 0.25) is 0 Å². The summed E-state index contributed by atoms with van der Waals surface area (Å²) >= 11 is 1.54. The molecular weight excluding hydrogens is 324 g/mol. The third kappa shape index (κ3) is 4.71. The van der Waals surface area contributed by atoms with E-state index in [-0.39, 0.29) is 11.9 Å². The van der Waals surface area contributed by atoms with Crippen molar-refractivity contribution in [1.29, 1.82) is 0 Å². The molecule has 6 heteroatoms. The summed E-state index contributed by atoms with van der Waals surface area (Å²) in [5.41, 5.74) is 0.897. The van der Waals surface area contributed by atoms with E-state index in [0.29, 0.717) is 24.7 Å². The molecule has 130 valence electrons. The minimum atomic E-state index is 0.0733. The Hall–Kier alpha value is -2.08. The molecule has 0 radical (unpaired) electrons. The molecule has 0 aliphatic rings. The quantitative estimate of drug-likeness (QED) is 0.726. The van der Waals surface area contributed by atoms with E-state index in [0.717, 1.165) is 17.1 Å². The van der Waals surface area contributed by atoms with E-state index in [1.807, 2.05) is 34.5 Å². The smallest absolute Gasteiger partial charge is 0.220 e. The number of benzene rings is 1. The van der Waals surface area contributed by atoms with E-state index in [1.54, 1.807) is 25.4 Å². The van der Waals surface area contributed by atoms with Gasteiger partial charge in [0.2, 0.25) is 5.91 Å². The zero-order valence-electron chi connectivity index (χ0n) is 14.6. The van der Waals surface area contributed by atoms with Gasteiger partial charge in [-0.05, 0) is 25.5 Å². The van der Waals surface area contributed by atoms with Gasteiger partial charge in [-0.3, -0.25) is 4.79 Å². The molecule has 0 aliphatic carbocycles. The Bertz CT molecular complexity index is 672. The Morgan fingerprint density at radius 1 is 1.33 bits per heavy atom. The minimum absolute atomic E-state index is 0.0733. The van der Waals surface area contributed by atoms with E-state index >= 15 is 0 Å². The number of carbonyl (C=O) groups is 1. The molecule has 0 N–H and O–H groups in total. The molecule has 1 unspecified atom stereocenters. The summed E-state index contributed by atoms with van der Waals surface area (Å²) in [6.07, 6.45) is 0.924. The summed E-state index contributed by atoms with van der Waals surface area (Å²) in [6, 6.07) is 7.74. The number of aromatic nitrogens is 1. The van der Waals surface area contributed by atoms with Crippen molar-refractivity contribution in [2.45, 2.75) is 46.4 Å². The molecule has 0 spiro atoms. The summed E-state index contributed by atoms with van der Waals surface area (Å²) in [7, 11) is 1.62. The van der Waals surface area contributed by atoms with E-state index in [1.165, 1.54) is 0 Å². The van der Waals surface area contributed by atoms with Gasteiger partial charge >= 0.3 is 0 Å². The first-order valence-electron chi connectivity index (χ1n) is 8.01. The van der Waals surface area contributed by atoms with Gasteiger partial charge in [0.25, 0.3) is 0 Å². The maximum Gasteiger partial charge on any atom is 0.220 e. The predicted molar refractivity (Wildman–Crippen MR) is 95.4 cm³/mol. The van der Waals surface area contributed by atoms with Crippen LogP contribution in [0.4, 0.5) is 0 Å². The van der Waals surface area contributed by atoms with E-state index < -0.39 is 0 Å². The Labute approximate surface area is 147 Å². The van der Waals surface area contributed by atoms with Gasteiger partial charge in [0.15, 0.2) is 11.5 Å². The van der Waals surface area contributed by atoms with Gasteiger partial charge in [0.1, 0.15) is 11.6 Å². The van der Waals surface area contributed by atoms with Crippen LogP contribution < -0.4 is 9.47 Å². The van der Waals surface area contributed by atoms with Crippen molar-refractivity contribution in [3.63, 3.8) is 0 Å². The number of hydrogen-bond donors (Lipinski definition) is 0. The lowest BCUT2D eigenvalue weighted by Gasteiger charge is -2.26. The summed E-state index contributed by atoms with van der Waals surface area (Å²) in [6.45, 7) is 6.65. The molecule has 0 aliphatic heterocycles. The molecule has 0 fully saturated rings. The Morgan fingerprint density at radius 2 is 2.04 bits per heavy atom. The van der Waals surface area contributed by atoms with Gasteiger partial charge in [-0.15, -0.1) is 11.3 Å². The number of ether oxygens (including phenoxy) is 2. The third-order valence-corrected chi connectivity index (χ3v) is 4.75. The van der Waals surface area contributed by atoms with Gasteiger partial charge < -0.3 is 14.4 Å². The van der Waals surface area contributed by atoms with Crippen LogP contribution in [0.15, 0.2) is 29.6 Å². The number of thiazole rings is 1. The number of para-hydroxylation sites is 2. The fraction of sp³-hybridized carbons (Fsp3) is 0.444. The van der Waals surface area contributed by atoms with Crippen LogP contribution in [0.1, 0.15) is 37.9 Å². The normalized spacial score (nSPS) is 11.8. The second kappa shape index (κ2) is 8.68. The van der Waals surface area contributed by atoms with Crippen molar-refractivity contribution in [1.82, 2.24) is 9.88 Å². The van der Waals surface area contributed by atoms with E-state index in [9.17, 15) is 4.79 Å². The molecule has 1 amide bonds. The number of methoxy groups -OCH3 is 1. The summed E-state index contributed by atoms with van der Waals surface area (Å²) in [5.74, 6) is 1.47. The van der Waals surface area contributed by atoms with E-state index in [2.05, 4.69) is 18.8 Å². The standard InChI is InChI=1S/C18H24N2O3S/c1-5-13(2)20(14(3)21)10-15-12-24-18(19-15)11-23-17-9-7-6-8-16(17)22-4/h6-9,12-13H,5,10-11H2,1-4H3. The van der Waals surface area contributed by atoms with Crippen molar-refractivity contribution in [3.05, 3.63) is 40.3 Å². The van der Waals surface area contributed by atoms with Crippen LogP contribution >= 0.6 is 11.3 Å². The molecule has 0 saturated heterocycles. The van der Waals surface area contributed by atoms with Gasteiger partial charge in [0, 0.05) is 18.3 Å². The van der Waals surface area contributed by atoms with Gasteiger partial charge in [-0.2, -0.15) is 0 Å². The van der Waals surface area contributed by atoms with Crippen molar-refractivity contribution in [2.75, 3.05) is 7.11 Å². The highest BCUT2D eigenvalue weighted by Gasteiger charge is 2.17. The number of carbonyl (C=O) groups excluding carboxylic acids is 1. The Morgan fingerprint density at radius 3 is 2.67 bits per heavy atom. The lowest BCUT2D eigenvalue weighted by Crippen LogP contribution is -2.36. The highest BCUT2D eigenvalue weighted by atomic mass is 32.1. The zero-order valence-corrected chi connectivity index (χ0v) is 15.4. The molecule has 2 aromatic rings. The van der Waals surface area contributed by atoms with Crippen molar-refractivity contribution >= 4 is 17.2 Å². The molecule has 1 heterocycles. The SMILES string of the molecule is CCC(C)N(Cc1csc(COc2ccccc2OC)n1)C(C)=O. The summed E-state index contributed by atoms with van der Waals surface area (Å²) < 4.78 is 11.1. The van der Waals surface area contributed by atoms with Crippen LogP contribution in [0.3, 0.4) is 0 Å². The number of hydrogen-bond acceptors (Lipinski definition) is 5. The summed E-state index contributed by atoms with van der Waals surface area (Å²) in [5, 5.41) is 2.86. The highest BCUT2D eigenvalue weighted by Crippen LogP contribution is 2.27. The second-order valence-electron chi connectivity index (χ2n) is 5.58. The van der Waals surface area contributed by atoms with Crippen LogP contribution in [0.5, 0.6) is 11.5 Å². The fourth-order valence-corrected chi connectivity index (χ4v) is 3.03. The largest absolute Gasteiger partial charge is 0.493 e. The van der Waals surface area contributed by atoms with Crippen LogP contribution in [-0.2, 0) is 17.9 Å². The first-order chi connectivity index (χ1) is 11.5. The van der Waals surface area contributed by atoms with E-state index in [4.69, 9.17) is 9.47 Å². The van der Waals surface area contributed by atoms with Gasteiger partial charge in [0.05, 0.1) is 19.3 Å². The van der Waals surface area contributed by atoms with Crippen molar-refractivity contribution in [3.8, 4) is 11.5 Å². The average Bonchev–Trinajstić information content (AvgIpc) is 3.04. The maximum absolute atomic E-state index is 11.8. The predicted octanol–water partition coefficient (Wildman–Crippen LogP) is 3.88. The number of rotatable bonds is 8. The lowest BCUT2D eigenvalue weighted by atomic mass is 10.2. The first-order valence-corrected chi connectivity index (χ1v) is 8.89. The molecule has 1 atom stereocenters. The average molecular weight is 348 g/mol. The zero-order chi connectivity index (χ0) is 17.5. The fourth-order valence-electron chi connectivity index (χ4n) is 2.34. The van der Waals surface area contributed by atoms with Crippen LogP contribution in [-0.4, -0.2) is 28.9 Å². The molecular formula is C18H24N2O3S. The molecule has 2 rings (SSSR count). The molecule has 0 saturated carbocycles. The first kappa shape index (κ1) is 18.3. The molecule has 5 nitrogen and oxygen atoms in total. The van der Waals surface area contributed by atoms with Crippen molar-refractivity contribution in [2.24, 2.45) is 0 Å². The highest BCUT2D eigenvalue weighted by molar-refractivity contribution is 7.09. The van der Waals surface area contributed by atoms with Gasteiger partial charge in [-0.25, -0.2) is 4.98 Å². The molecule has 1 aromatic carbocycles. The van der Waals surface area contributed by atoms with Crippen molar-refractivity contribution < 1.29 is 14.3 Å². The molecule has 24 heavy (non-hydrogen) atoms. The number of nitrogens with zero attached hydrogens (tertiary/aromatic N) is 2. The lowest BCUT2D eigenvalue weighted by molar-refractivity contribution is -0.131. The monoisotopic (exact) mass is 348 g/mol. The molecule has 0 bridgehead atoms.